The molecule has 2 saturated heterocycles. The number of halogens is 1. The first kappa shape index (κ1) is 20.3. The number of likely N-dealkylation sites (N-methyl/N-ethyl adjacent to an activating group) is 1. The molecule has 0 bridgehead atoms. The molecule has 1 aromatic carbocycles. The van der Waals surface area contributed by atoms with Gasteiger partial charge in [0.05, 0.1) is 11.0 Å². The molecule has 4 rings (SSSR count). The molecule has 8 heteroatoms. The Morgan fingerprint density at radius 1 is 1.28 bits per heavy atom. The summed E-state index contributed by atoms with van der Waals surface area (Å²) in [5, 5.41) is 9.34. The lowest BCUT2D eigenvalue weighted by molar-refractivity contribution is 0.0213. The maximum absolute atomic E-state index is 13.4. The first-order valence-electron chi connectivity index (χ1n) is 10.5. The number of hydrogen-bond acceptors (Lipinski definition) is 5. The van der Waals surface area contributed by atoms with Gasteiger partial charge in [-0.25, -0.2) is 9.37 Å². The molecule has 0 spiro atoms. The molecule has 2 aliphatic rings. The monoisotopic (exact) mass is 403 g/mol. The number of hydrogen-bond donors (Lipinski definition) is 2. The Labute approximate surface area is 170 Å². The number of likely N-dealkylation sites (tertiary alicyclic amines) is 1. The van der Waals surface area contributed by atoms with Crippen molar-refractivity contribution in [2.45, 2.75) is 25.3 Å². The fourth-order valence-electron chi connectivity index (χ4n) is 4.71. The van der Waals surface area contributed by atoms with Crippen molar-refractivity contribution in [2.24, 2.45) is 5.92 Å². The smallest absolute Gasteiger partial charge is 0.289 e. The molecule has 1 aromatic heterocycles. The molecule has 7 nitrogen and oxygen atoms in total. The minimum atomic E-state index is -0.350. The van der Waals surface area contributed by atoms with Gasteiger partial charge < -0.3 is 19.9 Å². The highest BCUT2D eigenvalue weighted by atomic mass is 19.1. The number of aromatic amines is 1. The summed E-state index contributed by atoms with van der Waals surface area (Å²) in [4.78, 5) is 27.2. The topological polar surface area (TPSA) is 75.7 Å². The Bertz CT molecular complexity index is 849. The highest BCUT2D eigenvalue weighted by Crippen LogP contribution is 2.28. The van der Waals surface area contributed by atoms with Gasteiger partial charge in [-0.15, -0.1) is 0 Å². The SMILES string of the molecule is CN1CCN([C@@H]2CCN(C(=O)c3nc4ccc(F)cc4[nH]3)C[C@@H]2CCCO)CC1. The van der Waals surface area contributed by atoms with Crippen molar-refractivity contribution >= 4 is 16.9 Å². The molecule has 0 saturated carbocycles. The molecule has 0 radical (unpaired) electrons. The highest BCUT2D eigenvalue weighted by Gasteiger charge is 2.36. The molecule has 2 N–H and O–H groups in total. The van der Waals surface area contributed by atoms with E-state index in [-0.39, 0.29) is 24.2 Å². The Morgan fingerprint density at radius 3 is 2.83 bits per heavy atom. The number of carbonyl (C=O) groups is 1. The lowest BCUT2D eigenvalue weighted by Gasteiger charge is -2.46. The summed E-state index contributed by atoms with van der Waals surface area (Å²) >= 11 is 0. The third-order valence-electron chi connectivity index (χ3n) is 6.37. The van der Waals surface area contributed by atoms with E-state index < -0.39 is 0 Å². The zero-order chi connectivity index (χ0) is 20.4. The minimum absolute atomic E-state index is 0.132. The summed E-state index contributed by atoms with van der Waals surface area (Å²) in [7, 11) is 2.15. The zero-order valence-electron chi connectivity index (χ0n) is 17.0. The Balaban J connectivity index is 1.47. The van der Waals surface area contributed by atoms with Crippen molar-refractivity contribution in [1.29, 1.82) is 0 Å². The number of piperazine rings is 1. The predicted octanol–water partition coefficient (Wildman–Crippen LogP) is 1.55. The molecule has 1 amide bonds. The molecule has 0 aliphatic carbocycles. The normalized spacial score (nSPS) is 24.3. The number of imidazole rings is 1. The van der Waals surface area contributed by atoms with E-state index in [1.165, 1.54) is 12.1 Å². The predicted molar refractivity (Wildman–Crippen MR) is 109 cm³/mol. The highest BCUT2D eigenvalue weighted by molar-refractivity contribution is 5.94. The Hall–Kier alpha value is -2.03. The lowest BCUT2D eigenvalue weighted by atomic mass is 9.86. The van der Waals surface area contributed by atoms with Crippen LogP contribution in [0.5, 0.6) is 0 Å². The van der Waals surface area contributed by atoms with Crippen LogP contribution in [0, 0.1) is 11.7 Å². The second-order valence-corrected chi connectivity index (χ2v) is 8.32. The zero-order valence-corrected chi connectivity index (χ0v) is 17.0. The van der Waals surface area contributed by atoms with Gasteiger partial charge in [-0.1, -0.05) is 0 Å². The molecule has 2 atom stereocenters. The van der Waals surface area contributed by atoms with Gasteiger partial charge in [-0.2, -0.15) is 0 Å². The average Bonchev–Trinajstić information content (AvgIpc) is 3.15. The van der Waals surface area contributed by atoms with E-state index in [9.17, 15) is 14.3 Å². The van der Waals surface area contributed by atoms with Crippen molar-refractivity contribution in [1.82, 2.24) is 24.7 Å². The lowest BCUT2D eigenvalue weighted by Crippen LogP contribution is -2.57. The van der Waals surface area contributed by atoms with Crippen LogP contribution in [-0.2, 0) is 0 Å². The van der Waals surface area contributed by atoms with Crippen molar-refractivity contribution in [3.05, 3.63) is 29.8 Å². The van der Waals surface area contributed by atoms with Gasteiger partial charge in [-0.3, -0.25) is 9.69 Å². The van der Waals surface area contributed by atoms with Gasteiger partial charge in [0.25, 0.3) is 5.91 Å². The Morgan fingerprint density at radius 2 is 2.07 bits per heavy atom. The first-order valence-corrected chi connectivity index (χ1v) is 10.5. The fourth-order valence-corrected chi connectivity index (χ4v) is 4.71. The second kappa shape index (κ2) is 8.77. The first-order chi connectivity index (χ1) is 14.0. The van der Waals surface area contributed by atoms with Gasteiger partial charge in [0, 0.05) is 51.9 Å². The molecular formula is C21H30FN5O2. The molecule has 158 valence electrons. The summed E-state index contributed by atoms with van der Waals surface area (Å²) in [5.41, 5.74) is 1.14. The van der Waals surface area contributed by atoms with Crippen LogP contribution >= 0.6 is 0 Å². The van der Waals surface area contributed by atoms with Crippen LogP contribution in [0.3, 0.4) is 0 Å². The summed E-state index contributed by atoms with van der Waals surface area (Å²) in [6.07, 6.45) is 2.59. The van der Waals surface area contributed by atoms with E-state index in [0.29, 0.717) is 36.1 Å². The van der Waals surface area contributed by atoms with Gasteiger partial charge >= 0.3 is 0 Å². The maximum atomic E-state index is 13.4. The number of carbonyl (C=O) groups excluding carboxylic acids is 1. The number of amides is 1. The molecule has 2 aromatic rings. The number of aliphatic hydroxyl groups excluding tert-OH is 1. The van der Waals surface area contributed by atoms with Crippen LogP contribution in [0.15, 0.2) is 18.2 Å². The van der Waals surface area contributed by atoms with Crippen LogP contribution in [0.25, 0.3) is 11.0 Å². The number of benzene rings is 1. The van der Waals surface area contributed by atoms with Crippen molar-refractivity contribution in [3.8, 4) is 0 Å². The van der Waals surface area contributed by atoms with Crippen LogP contribution in [0.4, 0.5) is 4.39 Å². The van der Waals surface area contributed by atoms with Crippen molar-refractivity contribution in [3.63, 3.8) is 0 Å². The Kier molecular flexibility index (Phi) is 6.12. The van der Waals surface area contributed by atoms with Crippen LogP contribution in [0.2, 0.25) is 0 Å². The van der Waals surface area contributed by atoms with Gasteiger partial charge in [0.2, 0.25) is 0 Å². The second-order valence-electron chi connectivity index (χ2n) is 8.32. The number of fused-ring (bicyclic) bond motifs is 1. The van der Waals surface area contributed by atoms with Crippen molar-refractivity contribution in [2.75, 3.05) is 52.9 Å². The number of aromatic nitrogens is 2. The molecule has 0 unspecified atom stereocenters. The number of nitrogens with one attached hydrogen (secondary N) is 1. The van der Waals surface area contributed by atoms with Gasteiger partial charge in [0.15, 0.2) is 5.82 Å². The number of aliphatic hydroxyl groups is 1. The molecular weight excluding hydrogens is 373 g/mol. The largest absolute Gasteiger partial charge is 0.396 e. The third kappa shape index (κ3) is 4.44. The molecule has 29 heavy (non-hydrogen) atoms. The summed E-state index contributed by atoms with van der Waals surface area (Å²) in [6.45, 7) is 5.79. The van der Waals surface area contributed by atoms with Crippen LogP contribution in [-0.4, -0.2) is 94.6 Å². The molecule has 2 aliphatic heterocycles. The fraction of sp³-hybridized carbons (Fsp3) is 0.619. The van der Waals surface area contributed by atoms with Crippen LogP contribution < -0.4 is 0 Å². The number of rotatable bonds is 5. The van der Waals surface area contributed by atoms with Crippen molar-refractivity contribution < 1.29 is 14.3 Å². The maximum Gasteiger partial charge on any atom is 0.289 e. The van der Waals surface area contributed by atoms with E-state index in [4.69, 9.17) is 0 Å². The van der Waals surface area contributed by atoms with E-state index in [0.717, 1.165) is 45.4 Å². The quantitative estimate of drug-likeness (QED) is 0.792. The third-order valence-corrected chi connectivity index (χ3v) is 6.37. The summed E-state index contributed by atoms with van der Waals surface area (Å²) in [5.74, 6) is 0.124. The standard InChI is InChI=1S/C21H30FN5O2/c1-25-8-10-26(11-9-25)19-6-7-27(14-15(19)3-2-12-28)21(29)20-23-17-5-4-16(22)13-18(17)24-20/h4-5,13,15,19,28H,2-3,6-12,14H2,1H3,(H,23,24)/t15-,19+/m0/s1. The van der Waals surface area contributed by atoms with Gasteiger partial charge in [-0.05, 0) is 50.4 Å². The summed E-state index contributed by atoms with van der Waals surface area (Å²) in [6, 6.07) is 4.75. The van der Waals surface area contributed by atoms with E-state index in [2.05, 4.69) is 26.8 Å². The summed E-state index contributed by atoms with van der Waals surface area (Å²) < 4.78 is 13.4. The van der Waals surface area contributed by atoms with E-state index in [1.54, 1.807) is 6.07 Å². The molecule has 3 heterocycles. The van der Waals surface area contributed by atoms with E-state index >= 15 is 0 Å². The van der Waals surface area contributed by atoms with Gasteiger partial charge in [0.1, 0.15) is 5.82 Å². The number of H-pyrrole nitrogens is 1. The van der Waals surface area contributed by atoms with E-state index in [1.807, 2.05) is 4.90 Å². The van der Waals surface area contributed by atoms with Crippen LogP contribution in [0.1, 0.15) is 29.9 Å². The number of nitrogens with zero attached hydrogens (tertiary/aromatic N) is 4. The molecule has 2 fully saturated rings. The number of piperidine rings is 1. The minimum Gasteiger partial charge on any atom is -0.396 e. The average molecular weight is 404 g/mol.